The molecule has 3 rings (SSSR count). The van der Waals surface area contributed by atoms with Gasteiger partial charge in [-0.15, -0.1) is 0 Å². The van der Waals surface area contributed by atoms with E-state index in [-0.39, 0.29) is 17.7 Å². The van der Waals surface area contributed by atoms with Crippen molar-refractivity contribution >= 4 is 11.8 Å². The molecule has 3 heterocycles. The van der Waals surface area contributed by atoms with Crippen LogP contribution in [0.25, 0.3) is 0 Å². The van der Waals surface area contributed by atoms with Crippen LogP contribution in [0.15, 0.2) is 10.6 Å². The number of piperidine rings is 1. The van der Waals surface area contributed by atoms with E-state index in [0.717, 1.165) is 30.8 Å². The van der Waals surface area contributed by atoms with Crippen molar-refractivity contribution in [3.63, 3.8) is 0 Å². The molecule has 0 bridgehead atoms. The number of likely N-dealkylation sites (tertiary alicyclic amines) is 2. The average Bonchev–Trinajstić information content (AvgIpc) is 3.16. The van der Waals surface area contributed by atoms with Gasteiger partial charge in [-0.2, -0.15) is 0 Å². The molecule has 1 aromatic heterocycles. The Bertz CT molecular complexity index is 615. The standard InChI is InChI=1S/C18H27N3O4/c1-13-9-15(25-19-13)10-14-11-21(12-16(14)22)18(24)6-4-8-20-7-3-2-5-17(20)23/h9,14,16,22H,2-8,10-12H2,1H3. The van der Waals surface area contributed by atoms with E-state index in [1.54, 1.807) is 4.90 Å². The van der Waals surface area contributed by atoms with Gasteiger partial charge in [-0.25, -0.2) is 0 Å². The minimum Gasteiger partial charge on any atom is -0.391 e. The number of aromatic nitrogens is 1. The lowest BCUT2D eigenvalue weighted by Crippen LogP contribution is -2.37. The molecule has 7 nitrogen and oxygen atoms in total. The van der Waals surface area contributed by atoms with Crippen LogP contribution in [-0.2, 0) is 16.0 Å². The van der Waals surface area contributed by atoms with Crippen molar-refractivity contribution in [2.75, 3.05) is 26.2 Å². The van der Waals surface area contributed by atoms with Crippen molar-refractivity contribution in [3.8, 4) is 0 Å². The van der Waals surface area contributed by atoms with Gasteiger partial charge < -0.3 is 19.4 Å². The van der Waals surface area contributed by atoms with Gasteiger partial charge in [-0.3, -0.25) is 9.59 Å². The van der Waals surface area contributed by atoms with Crippen LogP contribution >= 0.6 is 0 Å². The Hall–Kier alpha value is -1.89. The fourth-order valence-electron chi connectivity index (χ4n) is 3.71. The number of aliphatic hydroxyl groups is 1. The Balaban J connectivity index is 1.42. The fourth-order valence-corrected chi connectivity index (χ4v) is 3.71. The number of hydrogen-bond donors (Lipinski definition) is 1. The van der Waals surface area contributed by atoms with Crippen LogP contribution in [0, 0.1) is 12.8 Å². The summed E-state index contributed by atoms with van der Waals surface area (Å²) in [5.41, 5.74) is 0.822. The van der Waals surface area contributed by atoms with Gasteiger partial charge in [0.05, 0.1) is 11.8 Å². The van der Waals surface area contributed by atoms with Crippen molar-refractivity contribution in [3.05, 3.63) is 17.5 Å². The van der Waals surface area contributed by atoms with Gasteiger partial charge in [0.2, 0.25) is 11.8 Å². The normalized spacial score (nSPS) is 24.2. The lowest BCUT2D eigenvalue weighted by Gasteiger charge is -2.26. The van der Waals surface area contributed by atoms with Crippen LogP contribution in [0.2, 0.25) is 0 Å². The quantitative estimate of drug-likeness (QED) is 0.832. The Morgan fingerprint density at radius 2 is 2.24 bits per heavy atom. The van der Waals surface area contributed by atoms with Gasteiger partial charge in [0, 0.05) is 57.4 Å². The topological polar surface area (TPSA) is 86.9 Å². The highest BCUT2D eigenvalue weighted by molar-refractivity contribution is 5.78. The zero-order valence-electron chi connectivity index (χ0n) is 14.8. The number of rotatable bonds is 6. The number of aryl methyl sites for hydroxylation is 1. The van der Waals surface area contributed by atoms with Crippen molar-refractivity contribution in [1.82, 2.24) is 15.0 Å². The van der Waals surface area contributed by atoms with Crippen LogP contribution in [0.4, 0.5) is 0 Å². The van der Waals surface area contributed by atoms with E-state index in [2.05, 4.69) is 5.16 Å². The van der Waals surface area contributed by atoms with Gasteiger partial charge in [-0.1, -0.05) is 5.16 Å². The second-order valence-electron chi connectivity index (χ2n) is 7.21. The van der Waals surface area contributed by atoms with Crippen LogP contribution in [0.1, 0.15) is 43.6 Å². The monoisotopic (exact) mass is 349 g/mol. The Morgan fingerprint density at radius 3 is 2.96 bits per heavy atom. The van der Waals surface area contributed by atoms with Crippen molar-refractivity contribution in [2.45, 2.75) is 51.6 Å². The van der Waals surface area contributed by atoms with Crippen LogP contribution in [-0.4, -0.2) is 64.2 Å². The molecular formula is C18H27N3O4. The van der Waals surface area contributed by atoms with E-state index in [4.69, 9.17) is 4.52 Å². The van der Waals surface area contributed by atoms with Crippen LogP contribution in [0.3, 0.4) is 0 Å². The van der Waals surface area contributed by atoms with E-state index in [9.17, 15) is 14.7 Å². The highest BCUT2D eigenvalue weighted by atomic mass is 16.5. The van der Waals surface area contributed by atoms with Crippen LogP contribution < -0.4 is 0 Å². The third kappa shape index (κ3) is 4.60. The number of hydrogen-bond acceptors (Lipinski definition) is 5. The summed E-state index contributed by atoms with van der Waals surface area (Å²) in [7, 11) is 0. The zero-order chi connectivity index (χ0) is 17.8. The second-order valence-corrected chi connectivity index (χ2v) is 7.21. The van der Waals surface area contributed by atoms with E-state index >= 15 is 0 Å². The summed E-state index contributed by atoms with van der Waals surface area (Å²) in [5.74, 6) is 0.997. The predicted octanol–water partition coefficient (Wildman–Crippen LogP) is 1.14. The molecular weight excluding hydrogens is 322 g/mol. The lowest BCUT2D eigenvalue weighted by molar-refractivity contribution is -0.135. The van der Waals surface area contributed by atoms with Gasteiger partial charge in [0.15, 0.2) is 0 Å². The smallest absolute Gasteiger partial charge is 0.222 e. The molecule has 2 aliphatic heterocycles. The average molecular weight is 349 g/mol. The molecule has 138 valence electrons. The molecule has 2 atom stereocenters. The molecule has 0 radical (unpaired) electrons. The van der Waals surface area contributed by atoms with E-state index < -0.39 is 6.10 Å². The van der Waals surface area contributed by atoms with Crippen molar-refractivity contribution in [2.24, 2.45) is 5.92 Å². The number of carbonyl (C=O) groups is 2. The summed E-state index contributed by atoms with van der Waals surface area (Å²) in [6, 6.07) is 1.87. The third-order valence-corrected chi connectivity index (χ3v) is 5.14. The maximum Gasteiger partial charge on any atom is 0.222 e. The molecule has 2 fully saturated rings. The van der Waals surface area contributed by atoms with E-state index in [0.29, 0.717) is 45.3 Å². The first-order valence-electron chi connectivity index (χ1n) is 9.18. The molecule has 2 saturated heterocycles. The lowest BCUT2D eigenvalue weighted by atomic mass is 10.0. The molecule has 25 heavy (non-hydrogen) atoms. The van der Waals surface area contributed by atoms with Crippen LogP contribution in [0.5, 0.6) is 0 Å². The Kier molecular flexibility index (Phi) is 5.73. The first-order valence-corrected chi connectivity index (χ1v) is 9.18. The number of aliphatic hydroxyl groups excluding tert-OH is 1. The summed E-state index contributed by atoms with van der Waals surface area (Å²) >= 11 is 0. The summed E-state index contributed by atoms with van der Waals surface area (Å²) < 4.78 is 5.21. The summed E-state index contributed by atoms with van der Waals surface area (Å²) in [4.78, 5) is 27.8. The maximum atomic E-state index is 12.4. The molecule has 1 aromatic rings. The van der Waals surface area contributed by atoms with Gasteiger partial charge in [0.25, 0.3) is 0 Å². The Morgan fingerprint density at radius 1 is 1.40 bits per heavy atom. The minimum atomic E-state index is -0.530. The molecule has 0 aromatic carbocycles. The van der Waals surface area contributed by atoms with Crippen molar-refractivity contribution < 1.29 is 19.2 Å². The highest BCUT2D eigenvalue weighted by Crippen LogP contribution is 2.23. The summed E-state index contributed by atoms with van der Waals surface area (Å²) in [6.45, 7) is 4.25. The minimum absolute atomic E-state index is 0.0139. The fraction of sp³-hybridized carbons (Fsp3) is 0.722. The third-order valence-electron chi connectivity index (χ3n) is 5.14. The predicted molar refractivity (Wildman–Crippen MR) is 90.7 cm³/mol. The number of nitrogens with zero attached hydrogens (tertiary/aromatic N) is 3. The van der Waals surface area contributed by atoms with Gasteiger partial charge in [-0.05, 0) is 26.2 Å². The molecule has 0 saturated carbocycles. The molecule has 0 aliphatic carbocycles. The second kappa shape index (κ2) is 7.99. The number of β-amino-alcohol motifs (C(OH)–C–C–N with tert-alkyl or cyclic N) is 1. The zero-order valence-corrected chi connectivity index (χ0v) is 14.8. The maximum absolute atomic E-state index is 12.4. The van der Waals surface area contributed by atoms with E-state index in [1.165, 1.54) is 0 Å². The largest absolute Gasteiger partial charge is 0.391 e. The summed E-state index contributed by atoms with van der Waals surface area (Å²) in [6.07, 6.45) is 3.84. The number of amides is 2. The molecule has 7 heteroatoms. The van der Waals surface area contributed by atoms with Gasteiger partial charge in [0.1, 0.15) is 5.76 Å². The summed E-state index contributed by atoms with van der Waals surface area (Å²) in [5, 5.41) is 14.1. The first kappa shape index (κ1) is 17.9. The highest BCUT2D eigenvalue weighted by Gasteiger charge is 2.34. The van der Waals surface area contributed by atoms with E-state index in [1.807, 2.05) is 17.9 Å². The molecule has 2 amide bonds. The SMILES string of the molecule is Cc1cc(CC2CN(C(=O)CCCN3CCCCC3=O)CC2O)on1. The molecule has 2 aliphatic rings. The van der Waals surface area contributed by atoms with Gasteiger partial charge >= 0.3 is 0 Å². The number of carbonyl (C=O) groups excluding carboxylic acids is 2. The Labute approximate surface area is 147 Å². The molecule has 1 N–H and O–H groups in total. The molecule has 0 spiro atoms. The van der Waals surface area contributed by atoms with Crippen molar-refractivity contribution in [1.29, 1.82) is 0 Å². The first-order chi connectivity index (χ1) is 12.0. The molecule has 2 unspecified atom stereocenters.